The Morgan fingerprint density at radius 3 is 1.95 bits per heavy atom. The fourth-order valence-corrected chi connectivity index (χ4v) is 2.88. The first-order chi connectivity index (χ1) is 9.33. The van der Waals surface area contributed by atoms with Gasteiger partial charge in [-0.05, 0) is 42.7 Å². The topological polar surface area (TPSA) is 0 Å². The largest absolute Gasteiger partial charge is 0.0654 e. The summed E-state index contributed by atoms with van der Waals surface area (Å²) in [6.07, 6.45) is 12.0. The third-order valence-electron chi connectivity index (χ3n) is 4.11. The van der Waals surface area contributed by atoms with Gasteiger partial charge in [-0.15, -0.1) is 0 Å². The smallest absolute Gasteiger partial charge is 0.0159 e. The minimum absolute atomic E-state index is 0.799. The van der Waals surface area contributed by atoms with Crippen molar-refractivity contribution in [2.45, 2.75) is 84.5 Å². The van der Waals surface area contributed by atoms with Crippen molar-refractivity contribution in [2.75, 3.05) is 0 Å². The summed E-state index contributed by atoms with van der Waals surface area (Å²) in [5.41, 5.74) is 3.26. The Morgan fingerprint density at radius 2 is 1.37 bits per heavy atom. The predicted octanol–water partition coefficient (Wildman–Crippen LogP) is 6.49. The van der Waals surface area contributed by atoms with E-state index >= 15 is 0 Å². The quantitative estimate of drug-likeness (QED) is 0.451. The molecule has 19 heavy (non-hydrogen) atoms. The molecule has 0 saturated heterocycles. The van der Waals surface area contributed by atoms with E-state index in [-0.39, 0.29) is 0 Å². The van der Waals surface area contributed by atoms with E-state index in [9.17, 15) is 0 Å². The maximum absolute atomic E-state index is 2.39. The molecule has 108 valence electrons. The predicted molar refractivity (Wildman–Crippen MR) is 86.8 cm³/mol. The maximum Gasteiger partial charge on any atom is -0.0159 e. The van der Waals surface area contributed by atoms with Crippen LogP contribution in [0.1, 0.15) is 89.2 Å². The Morgan fingerprint density at radius 1 is 0.789 bits per heavy atom. The molecule has 0 saturated carbocycles. The second kappa shape index (κ2) is 10.1. The van der Waals surface area contributed by atoms with Crippen molar-refractivity contribution >= 4 is 0 Å². The van der Waals surface area contributed by atoms with Gasteiger partial charge in [0.2, 0.25) is 0 Å². The maximum atomic E-state index is 2.39. The molecule has 1 aromatic rings. The Bertz CT molecular complexity index is 319. The zero-order valence-electron chi connectivity index (χ0n) is 13.3. The molecule has 0 aliphatic rings. The molecule has 0 heterocycles. The Balaban J connectivity index is 2.79. The van der Waals surface area contributed by atoms with Crippen molar-refractivity contribution in [1.82, 2.24) is 0 Å². The van der Waals surface area contributed by atoms with Crippen LogP contribution in [-0.4, -0.2) is 0 Å². The van der Waals surface area contributed by atoms with Gasteiger partial charge in [0.05, 0.1) is 0 Å². The lowest BCUT2D eigenvalue weighted by Crippen LogP contribution is -2.04. The first-order valence-corrected chi connectivity index (χ1v) is 8.41. The summed E-state index contributed by atoms with van der Waals surface area (Å²) in [5.74, 6) is 0.799. The van der Waals surface area contributed by atoms with Gasteiger partial charge in [0.25, 0.3) is 0 Å². The molecule has 0 amide bonds. The molecule has 0 bridgehead atoms. The van der Waals surface area contributed by atoms with E-state index in [4.69, 9.17) is 0 Å². The van der Waals surface area contributed by atoms with E-state index in [0.29, 0.717) is 0 Å². The molecule has 0 N–H and O–H groups in total. The average molecular weight is 260 g/mol. The highest BCUT2D eigenvalue weighted by Gasteiger charge is 2.13. The summed E-state index contributed by atoms with van der Waals surface area (Å²) in [5, 5.41) is 0. The van der Waals surface area contributed by atoms with Crippen LogP contribution in [0.2, 0.25) is 0 Å². The van der Waals surface area contributed by atoms with Crippen LogP contribution in [0.15, 0.2) is 24.3 Å². The van der Waals surface area contributed by atoms with Gasteiger partial charge in [0, 0.05) is 0 Å². The summed E-state index contributed by atoms with van der Waals surface area (Å²) in [6.45, 7) is 6.90. The number of rotatable bonds is 10. The molecule has 0 fully saturated rings. The third-order valence-corrected chi connectivity index (χ3v) is 4.11. The second-order valence-electron chi connectivity index (χ2n) is 5.78. The summed E-state index contributed by atoms with van der Waals surface area (Å²) >= 11 is 0. The number of hydrogen-bond acceptors (Lipinski definition) is 0. The highest BCUT2D eigenvalue weighted by molar-refractivity contribution is 5.30. The number of unbranched alkanes of at least 4 members (excludes halogenated alkanes) is 3. The van der Waals surface area contributed by atoms with E-state index in [2.05, 4.69) is 45.0 Å². The van der Waals surface area contributed by atoms with Gasteiger partial charge >= 0.3 is 0 Å². The zero-order valence-corrected chi connectivity index (χ0v) is 13.3. The molecule has 0 unspecified atom stereocenters. The fraction of sp³-hybridized carbons (Fsp3) is 0.684. The van der Waals surface area contributed by atoms with Gasteiger partial charge in [-0.2, -0.15) is 0 Å². The van der Waals surface area contributed by atoms with Gasteiger partial charge in [0.1, 0.15) is 0 Å². The Labute approximate surface area is 120 Å². The summed E-state index contributed by atoms with van der Waals surface area (Å²) in [7, 11) is 0. The zero-order chi connectivity index (χ0) is 13.9. The van der Waals surface area contributed by atoms with Crippen LogP contribution >= 0.6 is 0 Å². The Kier molecular flexibility index (Phi) is 8.62. The monoisotopic (exact) mass is 260 g/mol. The van der Waals surface area contributed by atoms with Crippen LogP contribution in [0.5, 0.6) is 0 Å². The first-order valence-electron chi connectivity index (χ1n) is 8.41. The van der Waals surface area contributed by atoms with Crippen molar-refractivity contribution in [3.63, 3.8) is 0 Å². The lowest BCUT2D eigenvalue weighted by atomic mass is 9.85. The Hall–Kier alpha value is -0.780. The van der Waals surface area contributed by atoms with Crippen molar-refractivity contribution in [2.24, 2.45) is 0 Å². The normalized spacial score (nSPS) is 11.2. The van der Waals surface area contributed by atoms with Crippen LogP contribution in [-0.2, 0) is 6.42 Å². The van der Waals surface area contributed by atoms with Crippen molar-refractivity contribution in [3.05, 3.63) is 35.4 Å². The fourth-order valence-electron chi connectivity index (χ4n) is 2.88. The van der Waals surface area contributed by atoms with Gasteiger partial charge in [-0.3, -0.25) is 0 Å². The molecular weight excluding hydrogens is 228 g/mol. The van der Waals surface area contributed by atoms with E-state index in [1.165, 1.54) is 57.8 Å². The van der Waals surface area contributed by atoms with E-state index in [1.807, 2.05) is 0 Å². The van der Waals surface area contributed by atoms with Crippen LogP contribution in [0.3, 0.4) is 0 Å². The molecule has 0 atom stereocenters. The van der Waals surface area contributed by atoms with Crippen LogP contribution in [0, 0.1) is 0 Å². The molecule has 1 rings (SSSR count). The third kappa shape index (κ3) is 5.80. The molecule has 0 radical (unpaired) electrons. The highest BCUT2D eigenvalue weighted by atomic mass is 14.2. The van der Waals surface area contributed by atoms with Gasteiger partial charge in [0.15, 0.2) is 0 Å². The molecule has 0 heteroatoms. The second-order valence-corrected chi connectivity index (χ2v) is 5.78. The molecular formula is C19H32. The van der Waals surface area contributed by atoms with Crippen molar-refractivity contribution < 1.29 is 0 Å². The molecule has 0 spiro atoms. The lowest BCUT2D eigenvalue weighted by Gasteiger charge is -2.20. The standard InChI is InChI=1S/C19H32/c1-4-7-12-17(13-8-5-2)19-16-11-10-15-18(19)14-9-6-3/h10-11,15-17H,4-9,12-14H2,1-3H3. The number of benzene rings is 1. The minimum Gasteiger partial charge on any atom is -0.0654 e. The van der Waals surface area contributed by atoms with E-state index in [1.54, 1.807) is 11.1 Å². The van der Waals surface area contributed by atoms with Crippen molar-refractivity contribution in [1.29, 1.82) is 0 Å². The summed E-state index contributed by atoms with van der Waals surface area (Å²) in [4.78, 5) is 0. The molecule has 0 aliphatic heterocycles. The summed E-state index contributed by atoms with van der Waals surface area (Å²) in [6, 6.07) is 9.19. The molecule has 0 aromatic heterocycles. The molecule has 0 nitrogen and oxygen atoms in total. The summed E-state index contributed by atoms with van der Waals surface area (Å²) < 4.78 is 0. The van der Waals surface area contributed by atoms with Crippen LogP contribution < -0.4 is 0 Å². The first kappa shape index (κ1) is 16.3. The van der Waals surface area contributed by atoms with Gasteiger partial charge < -0.3 is 0 Å². The van der Waals surface area contributed by atoms with E-state index < -0.39 is 0 Å². The van der Waals surface area contributed by atoms with E-state index in [0.717, 1.165) is 5.92 Å². The SMILES string of the molecule is CCCCc1ccccc1C(CCCC)CCCC. The van der Waals surface area contributed by atoms with Crippen molar-refractivity contribution in [3.8, 4) is 0 Å². The van der Waals surface area contributed by atoms with Crippen LogP contribution in [0.4, 0.5) is 0 Å². The van der Waals surface area contributed by atoms with Gasteiger partial charge in [-0.1, -0.05) is 77.1 Å². The van der Waals surface area contributed by atoms with Gasteiger partial charge in [-0.25, -0.2) is 0 Å². The molecule has 0 aliphatic carbocycles. The minimum atomic E-state index is 0.799. The van der Waals surface area contributed by atoms with Crippen LogP contribution in [0.25, 0.3) is 0 Å². The number of hydrogen-bond donors (Lipinski definition) is 0. The average Bonchev–Trinajstić information content (AvgIpc) is 2.46. The lowest BCUT2D eigenvalue weighted by molar-refractivity contribution is 0.521. The highest BCUT2D eigenvalue weighted by Crippen LogP contribution is 2.30. The molecule has 1 aromatic carbocycles. The number of aryl methyl sites for hydroxylation is 1.